The number of hydrogen-bond acceptors (Lipinski definition) is 1. The average Bonchev–Trinajstić information content (AvgIpc) is 2.58. The normalized spacial score (nSPS) is 10.2. The quantitative estimate of drug-likeness (QED) is 0.777. The van der Waals surface area contributed by atoms with Crippen molar-refractivity contribution in [3.8, 4) is 0 Å². The molecule has 0 atom stereocenters. The van der Waals surface area contributed by atoms with Gasteiger partial charge in [0, 0.05) is 11.6 Å². The van der Waals surface area contributed by atoms with Crippen LogP contribution >= 0.6 is 15.9 Å². The van der Waals surface area contributed by atoms with Crippen LogP contribution < -0.4 is 5.32 Å². The molecule has 66 valence electrons. The van der Waals surface area contributed by atoms with E-state index >= 15 is 0 Å². The lowest BCUT2D eigenvalue weighted by atomic mass is 10.2. The van der Waals surface area contributed by atoms with E-state index in [-0.39, 0.29) is 0 Å². The fraction of sp³-hybridized carbons (Fsp3) is 0. The zero-order valence-corrected chi connectivity index (χ0v) is 8.26. The average molecular weight is 239 g/mol. The van der Waals surface area contributed by atoms with Crippen LogP contribution in [0.1, 0.15) is 0 Å². The molecule has 1 heterocycles. The fourth-order valence-electron chi connectivity index (χ4n) is 1.27. The Morgan fingerprint density at radius 1 is 1.38 bits per heavy atom. The van der Waals surface area contributed by atoms with Crippen molar-refractivity contribution in [2.45, 2.75) is 0 Å². The Morgan fingerprint density at radius 2 is 2.23 bits per heavy atom. The van der Waals surface area contributed by atoms with E-state index in [0.717, 1.165) is 21.1 Å². The predicted octanol–water partition coefficient (Wildman–Crippen LogP) is 2.50. The first-order valence-electron chi connectivity index (χ1n) is 3.78. The lowest BCUT2D eigenvalue weighted by molar-refractivity contribution is -0.105. The molecular weight excluding hydrogens is 232 g/mol. The van der Waals surface area contributed by atoms with E-state index < -0.39 is 0 Å². The Bertz CT molecular complexity index is 450. The molecule has 0 spiro atoms. The monoisotopic (exact) mass is 238 g/mol. The standard InChI is InChI=1S/C9H7BrN2O/c10-8-7(12-5-13)2-1-6-3-4-11-9(6)8/h1-5,11H,(H,12,13). The maximum Gasteiger partial charge on any atom is 0.211 e. The highest BCUT2D eigenvalue weighted by molar-refractivity contribution is 9.10. The molecule has 0 saturated heterocycles. The summed E-state index contributed by atoms with van der Waals surface area (Å²) in [6.45, 7) is 0. The van der Waals surface area contributed by atoms with Crippen molar-refractivity contribution >= 4 is 38.9 Å². The molecule has 2 N–H and O–H groups in total. The van der Waals surface area contributed by atoms with Gasteiger partial charge in [-0.05, 0) is 28.1 Å². The first kappa shape index (κ1) is 8.31. The van der Waals surface area contributed by atoms with Crippen LogP contribution in [-0.2, 0) is 4.79 Å². The molecule has 2 rings (SSSR count). The SMILES string of the molecule is O=CNc1ccc2cc[nH]c2c1Br. The molecule has 4 heteroatoms. The van der Waals surface area contributed by atoms with Crippen molar-refractivity contribution in [3.63, 3.8) is 0 Å². The topological polar surface area (TPSA) is 44.9 Å². The summed E-state index contributed by atoms with van der Waals surface area (Å²) in [7, 11) is 0. The largest absolute Gasteiger partial charge is 0.360 e. The number of rotatable bonds is 2. The molecular formula is C9H7BrN2O. The summed E-state index contributed by atoms with van der Waals surface area (Å²) in [6.07, 6.45) is 2.52. The van der Waals surface area contributed by atoms with E-state index in [1.165, 1.54) is 0 Å². The molecule has 0 saturated carbocycles. The third-order valence-electron chi connectivity index (χ3n) is 1.88. The highest BCUT2D eigenvalue weighted by Gasteiger charge is 2.04. The van der Waals surface area contributed by atoms with Gasteiger partial charge in [-0.2, -0.15) is 0 Å². The number of anilines is 1. The Kier molecular flexibility index (Phi) is 2.06. The summed E-state index contributed by atoms with van der Waals surface area (Å²) in [4.78, 5) is 13.3. The van der Waals surface area contributed by atoms with Gasteiger partial charge < -0.3 is 10.3 Å². The Morgan fingerprint density at radius 3 is 3.00 bits per heavy atom. The van der Waals surface area contributed by atoms with Crippen LogP contribution in [-0.4, -0.2) is 11.4 Å². The molecule has 0 aliphatic carbocycles. The minimum absolute atomic E-state index is 0.662. The van der Waals surface area contributed by atoms with E-state index in [1.54, 1.807) is 0 Å². The fourth-order valence-corrected chi connectivity index (χ4v) is 1.86. The molecule has 1 amide bonds. The minimum Gasteiger partial charge on any atom is -0.360 e. The van der Waals surface area contributed by atoms with Crippen LogP contribution in [0.3, 0.4) is 0 Å². The van der Waals surface area contributed by atoms with Gasteiger partial charge in [0.15, 0.2) is 0 Å². The summed E-state index contributed by atoms with van der Waals surface area (Å²) in [5.41, 5.74) is 1.76. The van der Waals surface area contributed by atoms with Crippen LogP contribution in [0.15, 0.2) is 28.9 Å². The van der Waals surface area contributed by atoms with E-state index in [2.05, 4.69) is 26.2 Å². The molecule has 0 fully saturated rings. The molecule has 0 aliphatic rings. The molecule has 1 aromatic carbocycles. The maximum atomic E-state index is 10.3. The smallest absolute Gasteiger partial charge is 0.211 e. The summed E-state index contributed by atoms with van der Waals surface area (Å²) in [5, 5.41) is 3.72. The van der Waals surface area contributed by atoms with Gasteiger partial charge in [-0.1, -0.05) is 6.07 Å². The number of amides is 1. The molecule has 0 radical (unpaired) electrons. The molecule has 2 aromatic rings. The van der Waals surface area contributed by atoms with Crippen LogP contribution in [0.5, 0.6) is 0 Å². The summed E-state index contributed by atoms with van der Waals surface area (Å²) in [6, 6.07) is 5.78. The second kappa shape index (κ2) is 3.22. The molecule has 1 aromatic heterocycles. The molecule has 13 heavy (non-hydrogen) atoms. The van der Waals surface area contributed by atoms with Crippen LogP contribution in [0.25, 0.3) is 10.9 Å². The highest BCUT2D eigenvalue weighted by Crippen LogP contribution is 2.29. The van der Waals surface area contributed by atoms with Crippen molar-refractivity contribution in [1.82, 2.24) is 4.98 Å². The second-order valence-corrected chi connectivity index (χ2v) is 3.42. The van der Waals surface area contributed by atoms with Crippen LogP contribution in [0, 0.1) is 0 Å². The van der Waals surface area contributed by atoms with Gasteiger partial charge in [-0.15, -0.1) is 0 Å². The second-order valence-electron chi connectivity index (χ2n) is 2.63. The number of benzene rings is 1. The third kappa shape index (κ3) is 1.33. The van der Waals surface area contributed by atoms with Crippen molar-refractivity contribution in [2.75, 3.05) is 5.32 Å². The zero-order valence-electron chi connectivity index (χ0n) is 6.67. The number of hydrogen-bond donors (Lipinski definition) is 2. The number of halogens is 1. The molecule has 0 bridgehead atoms. The first-order valence-corrected chi connectivity index (χ1v) is 4.58. The van der Waals surface area contributed by atoms with Crippen molar-refractivity contribution in [3.05, 3.63) is 28.9 Å². The van der Waals surface area contributed by atoms with E-state index in [1.807, 2.05) is 24.4 Å². The van der Waals surface area contributed by atoms with Crippen LogP contribution in [0.4, 0.5) is 5.69 Å². The van der Waals surface area contributed by atoms with Crippen molar-refractivity contribution in [2.24, 2.45) is 0 Å². The number of nitrogens with one attached hydrogen (secondary N) is 2. The van der Waals surface area contributed by atoms with E-state index in [0.29, 0.717) is 6.41 Å². The summed E-state index contributed by atoms with van der Waals surface area (Å²) >= 11 is 3.41. The number of H-pyrrole nitrogens is 1. The van der Waals surface area contributed by atoms with Crippen molar-refractivity contribution in [1.29, 1.82) is 0 Å². The number of aromatic amines is 1. The van der Waals surface area contributed by atoms with Gasteiger partial charge in [0.05, 0.1) is 15.7 Å². The lowest BCUT2D eigenvalue weighted by Crippen LogP contribution is -1.94. The zero-order chi connectivity index (χ0) is 9.26. The van der Waals surface area contributed by atoms with E-state index in [4.69, 9.17) is 0 Å². The summed E-state index contributed by atoms with van der Waals surface area (Å²) in [5.74, 6) is 0. The summed E-state index contributed by atoms with van der Waals surface area (Å²) < 4.78 is 0.877. The first-order chi connectivity index (χ1) is 6.33. The molecule has 0 aliphatic heterocycles. The Labute approximate surface area is 83.3 Å². The third-order valence-corrected chi connectivity index (χ3v) is 2.70. The Hall–Kier alpha value is -1.29. The van der Waals surface area contributed by atoms with Gasteiger partial charge in [0.1, 0.15) is 0 Å². The van der Waals surface area contributed by atoms with Gasteiger partial charge in [-0.25, -0.2) is 0 Å². The Balaban J connectivity index is 2.65. The molecule has 0 unspecified atom stereocenters. The predicted molar refractivity (Wildman–Crippen MR) is 55.7 cm³/mol. The number of aromatic nitrogens is 1. The maximum absolute atomic E-state index is 10.3. The number of fused-ring (bicyclic) bond motifs is 1. The highest BCUT2D eigenvalue weighted by atomic mass is 79.9. The van der Waals surface area contributed by atoms with Gasteiger partial charge in [0.25, 0.3) is 0 Å². The van der Waals surface area contributed by atoms with Gasteiger partial charge >= 0.3 is 0 Å². The van der Waals surface area contributed by atoms with Crippen LogP contribution in [0.2, 0.25) is 0 Å². The van der Waals surface area contributed by atoms with Crippen molar-refractivity contribution < 1.29 is 4.79 Å². The number of carbonyl (C=O) groups is 1. The van der Waals surface area contributed by atoms with E-state index in [9.17, 15) is 4.79 Å². The minimum atomic E-state index is 0.662. The lowest BCUT2D eigenvalue weighted by Gasteiger charge is -2.02. The van der Waals surface area contributed by atoms with Gasteiger partial charge in [0.2, 0.25) is 6.41 Å². The molecule has 3 nitrogen and oxygen atoms in total. The number of carbonyl (C=O) groups excluding carboxylic acids is 1. The van der Waals surface area contributed by atoms with Gasteiger partial charge in [-0.3, -0.25) is 4.79 Å².